The monoisotopic (exact) mass is 262 g/mol. The fourth-order valence-corrected chi connectivity index (χ4v) is 1.66. The Bertz CT molecular complexity index is 625. The lowest BCUT2D eigenvalue weighted by Crippen LogP contribution is -2.00. The van der Waals surface area contributed by atoms with E-state index in [1.54, 1.807) is 13.0 Å². The van der Waals surface area contributed by atoms with E-state index in [2.05, 4.69) is 10.3 Å². The third-order valence-corrected chi connectivity index (χ3v) is 2.36. The molecule has 0 aliphatic carbocycles. The molecule has 0 aliphatic heterocycles. The van der Waals surface area contributed by atoms with E-state index in [9.17, 15) is 14.5 Å². The van der Waals surface area contributed by atoms with Gasteiger partial charge in [-0.2, -0.15) is 0 Å². The Balaban J connectivity index is 2.35. The molecule has 0 saturated heterocycles. The van der Waals surface area contributed by atoms with Crippen molar-refractivity contribution in [1.82, 2.24) is 4.98 Å². The van der Waals surface area contributed by atoms with E-state index in [0.717, 1.165) is 11.6 Å². The summed E-state index contributed by atoms with van der Waals surface area (Å²) in [5, 5.41) is 13.5. The van der Waals surface area contributed by atoms with Crippen molar-refractivity contribution in [3.05, 3.63) is 51.8 Å². The van der Waals surface area contributed by atoms with E-state index < -0.39 is 10.7 Å². The number of hydrogen-bond acceptors (Lipinski definition) is 5. The normalized spacial score (nSPS) is 10.2. The largest absolute Gasteiger partial charge is 0.383 e. The fourth-order valence-electron chi connectivity index (χ4n) is 1.66. The molecule has 7 heteroatoms. The number of aryl methyl sites for hydroxylation is 1. The van der Waals surface area contributed by atoms with Gasteiger partial charge < -0.3 is 11.1 Å². The average molecular weight is 262 g/mol. The summed E-state index contributed by atoms with van der Waals surface area (Å²) in [7, 11) is 0. The predicted octanol–water partition coefficient (Wildman–Crippen LogP) is 2.76. The van der Waals surface area contributed by atoms with Crippen molar-refractivity contribution in [1.29, 1.82) is 0 Å². The molecule has 0 radical (unpaired) electrons. The Morgan fingerprint density at radius 2 is 2.05 bits per heavy atom. The van der Waals surface area contributed by atoms with Crippen molar-refractivity contribution in [2.24, 2.45) is 0 Å². The Hall–Kier alpha value is -2.70. The number of anilines is 3. The number of nitro groups is 1. The molecule has 0 fully saturated rings. The Morgan fingerprint density at radius 3 is 2.68 bits per heavy atom. The van der Waals surface area contributed by atoms with Gasteiger partial charge in [0.15, 0.2) is 0 Å². The van der Waals surface area contributed by atoms with Gasteiger partial charge in [0.25, 0.3) is 5.69 Å². The predicted molar refractivity (Wildman–Crippen MR) is 69.7 cm³/mol. The van der Waals surface area contributed by atoms with Crippen molar-refractivity contribution < 1.29 is 9.31 Å². The lowest BCUT2D eigenvalue weighted by Gasteiger charge is -2.07. The van der Waals surface area contributed by atoms with Crippen LogP contribution in [0, 0.1) is 22.9 Å². The number of benzene rings is 1. The fraction of sp³-hybridized carbons (Fsp3) is 0.0833. The van der Waals surface area contributed by atoms with Crippen molar-refractivity contribution in [2.45, 2.75) is 6.92 Å². The first kappa shape index (κ1) is 12.7. The summed E-state index contributed by atoms with van der Waals surface area (Å²) < 4.78 is 13.2. The maximum absolute atomic E-state index is 13.2. The van der Waals surface area contributed by atoms with E-state index in [0.29, 0.717) is 5.69 Å². The minimum Gasteiger partial charge on any atom is -0.383 e. The molecule has 0 atom stereocenters. The van der Waals surface area contributed by atoms with Gasteiger partial charge in [-0.15, -0.1) is 0 Å². The molecule has 1 heterocycles. The second-order valence-corrected chi connectivity index (χ2v) is 4.03. The lowest BCUT2D eigenvalue weighted by molar-refractivity contribution is -0.384. The van der Waals surface area contributed by atoms with Crippen LogP contribution < -0.4 is 11.1 Å². The number of aromatic nitrogens is 1. The second kappa shape index (κ2) is 4.89. The van der Waals surface area contributed by atoms with Crippen molar-refractivity contribution >= 4 is 23.0 Å². The molecule has 0 unspecified atom stereocenters. The highest BCUT2D eigenvalue weighted by atomic mass is 19.1. The van der Waals surface area contributed by atoms with Crippen LogP contribution in [-0.2, 0) is 0 Å². The van der Waals surface area contributed by atoms with Crippen LogP contribution in [0.25, 0.3) is 0 Å². The lowest BCUT2D eigenvalue weighted by atomic mass is 10.2. The number of hydrogen-bond donors (Lipinski definition) is 2. The maximum Gasteiger partial charge on any atom is 0.276 e. The van der Waals surface area contributed by atoms with Crippen LogP contribution in [-0.4, -0.2) is 9.91 Å². The molecule has 19 heavy (non-hydrogen) atoms. The summed E-state index contributed by atoms with van der Waals surface area (Å²) in [5.41, 5.74) is 6.48. The highest BCUT2D eigenvalue weighted by Crippen LogP contribution is 2.23. The molecule has 6 nitrogen and oxygen atoms in total. The average Bonchev–Trinajstić information content (AvgIpc) is 2.26. The molecule has 0 spiro atoms. The standard InChI is InChI=1S/C12H11FN4O2/c1-7-2-8(13)4-9(3-7)15-12-6-10(17(18)19)5-11(14)16-12/h2-6H,1H3,(H3,14,15,16). The zero-order valence-corrected chi connectivity index (χ0v) is 10.1. The van der Waals surface area contributed by atoms with Gasteiger partial charge in [0.2, 0.25) is 0 Å². The summed E-state index contributed by atoms with van der Waals surface area (Å²) in [5.74, 6) is -0.192. The van der Waals surface area contributed by atoms with Crippen LogP contribution in [0.1, 0.15) is 5.56 Å². The van der Waals surface area contributed by atoms with Gasteiger partial charge in [-0.3, -0.25) is 10.1 Å². The molecule has 2 aromatic rings. The summed E-state index contributed by atoms with van der Waals surface area (Å²) in [6.45, 7) is 1.74. The van der Waals surface area contributed by atoms with Crippen molar-refractivity contribution in [3.63, 3.8) is 0 Å². The molecule has 1 aromatic heterocycles. The highest BCUT2D eigenvalue weighted by Gasteiger charge is 2.10. The molecule has 0 aliphatic rings. The third kappa shape index (κ3) is 3.15. The third-order valence-electron chi connectivity index (χ3n) is 2.36. The smallest absolute Gasteiger partial charge is 0.276 e. The SMILES string of the molecule is Cc1cc(F)cc(Nc2cc([N+](=O)[O-])cc(N)n2)c1. The van der Waals surface area contributed by atoms with Crippen LogP contribution in [0.15, 0.2) is 30.3 Å². The van der Waals surface area contributed by atoms with Crippen LogP contribution >= 0.6 is 0 Å². The van der Waals surface area contributed by atoms with E-state index in [4.69, 9.17) is 5.73 Å². The quantitative estimate of drug-likeness (QED) is 0.655. The van der Waals surface area contributed by atoms with Crippen LogP contribution in [0.3, 0.4) is 0 Å². The molecule has 3 N–H and O–H groups in total. The first-order valence-corrected chi connectivity index (χ1v) is 5.40. The van der Waals surface area contributed by atoms with Gasteiger partial charge >= 0.3 is 0 Å². The Kier molecular flexibility index (Phi) is 3.28. The van der Waals surface area contributed by atoms with Crippen LogP contribution in [0.2, 0.25) is 0 Å². The van der Waals surface area contributed by atoms with E-state index in [1.807, 2.05) is 0 Å². The number of pyridine rings is 1. The van der Waals surface area contributed by atoms with Crippen molar-refractivity contribution in [2.75, 3.05) is 11.1 Å². The van der Waals surface area contributed by atoms with Crippen LogP contribution in [0.5, 0.6) is 0 Å². The number of nitrogens with one attached hydrogen (secondary N) is 1. The highest BCUT2D eigenvalue weighted by molar-refractivity contribution is 5.62. The number of halogens is 1. The van der Waals surface area contributed by atoms with Gasteiger partial charge in [-0.05, 0) is 30.7 Å². The molecule has 2 rings (SSSR count). The minimum absolute atomic E-state index is 0.0184. The topological polar surface area (TPSA) is 94.1 Å². The first-order chi connectivity index (χ1) is 8.94. The summed E-state index contributed by atoms with van der Waals surface area (Å²) >= 11 is 0. The van der Waals surface area contributed by atoms with Crippen LogP contribution in [0.4, 0.5) is 27.4 Å². The summed E-state index contributed by atoms with van der Waals surface area (Å²) in [6, 6.07) is 6.72. The van der Waals surface area contributed by atoms with Gasteiger partial charge in [-0.1, -0.05) is 0 Å². The molecule has 0 amide bonds. The number of rotatable bonds is 3. The first-order valence-electron chi connectivity index (χ1n) is 5.40. The number of nitrogen functional groups attached to an aromatic ring is 1. The van der Waals surface area contributed by atoms with Gasteiger partial charge in [-0.25, -0.2) is 9.37 Å². The second-order valence-electron chi connectivity index (χ2n) is 4.03. The van der Waals surface area contributed by atoms with Gasteiger partial charge in [0.1, 0.15) is 17.5 Å². The zero-order valence-electron chi connectivity index (χ0n) is 10.1. The maximum atomic E-state index is 13.2. The molecular weight excluding hydrogens is 251 g/mol. The van der Waals surface area contributed by atoms with Gasteiger partial charge in [0, 0.05) is 5.69 Å². The van der Waals surface area contributed by atoms with E-state index in [1.165, 1.54) is 18.2 Å². The Morgan fingerprint density at radius 1 is 1.32 bits per heavy atom. The van der Waals surface area contributed by atoms with Crippen molar-refractivity contribution in [3.8, 4) is 0 Å². The minimum atomic E-state index is -0.569. The number of nitrogens with two attached hydrogens (primary N) is 1. The number of nitrogens with zero attached hydrogens (tertiary/aromatic N) is 2. The molecule has 1 aromatic carbocycles. The van der Waals surface area contributed by atoms with E-state index in [-0.39, 0.29) is 17.3 Å². The summed E-state index contributed by atoms with van der Waals surface area (Å²) in [4.78, 5) is 14.0. The molecule has 0 saturated carbocycles. The zero-order chi connectivity index (χ0) is 14.0. The summed E-state index contributed by atoms with van der Waals surface area (Å²) in [6.07, 6.45) is 0. The van der Waals surface area contributed by atoms with E-state index >= 15 is 0 Å². The Labute approximate surface area is 108 Å². The molecular formula is C12H11FN4O2. The molecule has 98 valence electrons. The molecule has 0 bridgehead atoms. The van der Waals surface area contributed by atoms with Gasteiger partial charge in [0.05, 0.1) is 17.1 Å².